The van der Waals surface area contributed by atoms with Crippen LogP contribution >= 0.6 is 0 Å². The molecule has 1 N–H and O–H groups in total. The van der Waals surface area contributed by atoms with E-state index >= 15 is 0 Å². The van der Waals surface area contributed by atoms with E-state index in [9.17, 15) is 19.2 Å². The molecule has 3 rings (SSSR count). The van der Waals surface area contributed by atoms with Gasteiger partial charge in [-0.25, -0.2) is 9.59 Å². The Morgan fingerprint density at radius 3 is 2.29 bits per heavy atom. The lowest BCUT2D eigenvalue weighted by atomic mass is 10.0. The number of hydrogen-bond acceptors (Lipinski definition) is 6. The Morgan fingerprint density at radius 1 is 1.00 bits per heavy atom. The van der Waals surface area contributed by atoms with E-state index < -0.39 is 29.9 Å². The molecule has 0 aliphatic carbocycles. The quantitative estimate of drug-likeness (QED) is 0.540. The Morgan fingerprint density at radius 2 is 1.65 bits per heavy atom. The Labute approximate surface area is 180 Å². The summed E-state index contributed by atoms with van der Waals surface area (Å²) in [4.78, 5) is 50.7. The maximum Gasteiger partial charge on any atom is 0.410 e. The first-order chi connectivity index (χ1) is 15.0. The summed E-state index contributed by atoms with van der Waals surface area (Å²) in [7, 11) is 1.22. The zero-order valence-corrected chi connectivity index (χ0v) is 17.2. The van der Waals surface area contributed by atoms with Gasteiger partial charge in [0, 0.05) is 12.1 Å². The van der Waals surface area contributed by atoms with E-state index in [4.69, 9.17) is 9.47 Å². The molecule has 1 heterocycles. The number of carbonyl (C=O) groups excluding carboxylic acids is 4. The summed E-state index contributed by atoms with van der Waals surface area (Å²) in [6, 6.07) is 16.8. The maximum absolute atomic E-state index is 12.6. The molecule has 2 amide bonds. The smallest absolute Gasteiger partial charge is 0.410 e. The molecule has 1 aliphatic heterocycles. The molecule has 0 radical (unpaired) electrons. The van der Waals surface area contributed by atoms with Crippen molar-refractivity contribution in [3.8, 4) is 0 Å². The Kier molecular flexibility index (Phi) is 7.37. The van der Waals surface area contributed by atoms with Gasteiger partial charge < -0.3 is 14.8 Å². The second kappa shape index (κ2) is 10.4. The minimum Gasteiger partial charge on any atom is -0.467 e. The number of amides is 2. The number of hydrogen-bond donors (Lipinski definition) is 1. The van der Waals surface area contributed by atoms with E-state index in [2.05, 4.69) is 5.32 Å². The van der Waals surface area contributed by atoms with Crippen LogP contribution in [-0.2, 0) is 25.7 Å². The van der Waals surface area contributed by atoms with Gasteiger partial charge >= 0.3 is 12.1 Å². The van der Waals surface area contributed by atoms with Crippen LogP contribution in [0, 0.1) is 5.92 Å². The summed E-state index contributed by atoms with van der Waals surface area (Å²) in [6.07, 6.45) is -0.603. The van der Waals surface area contributed by atoms with Gasteiger partial charge in [0.25, 0.3) is 0 Å². The van der Waals surface area contributed by atoms with Crippen molar-refractivity contribution in [3.05, 3.63) is 71.8 Å². The molecular formula is C23H24N2O6. The normalized spacial score (nSPS) is 17.6. The Balaban J connectivity index is 1.59. The highest BCUT2D eigenvalue weighted by Gasteiger charge is 2.44. The summed E-state index contributed by atoms with van der Waals surface area (Å²) in [6.45, 7) is -0.119. The molecule has 1 aliphatic rings. The monoisotopic (exact) mass is 424 g/mol. The van der Waals surface area contributed by atoms with Gasteiger partial charge in [-0.3, -0.25) is 14.5 Å². The molecule has 0 bridgehead atoms. The summed E-state index contributed by atoms with van der Waals surface area (Å²) in [5, 5.41) is 2.60. The first kappa shape index (κ1) is 22.0. The number of carbonyl (C=O) groups is 4. The van der Waals surface area contributed by atoms with Gasteiger partial charge in [-0.15, -0.1) is 0 Å². The zero-order valence-electron chi connectivity index (χ0n) is 17.2. The van der Waals surface area contributed by atoms with Crippen molar-refractivity contribution in [2.75, 3.05) is 20.2 Å². The predicted molar refractivity (Wildman–Crippen MR) is 111 cm³/mol. The van der Waals surface area contributed by atoms with Gasteiger partial charge in [-0.05, 0) is 12.0 Å². The van der Waals surface area contributed by atoms with Crippen molar-refractivity contribution in [1.82, 2.24) is 10.2 Å². The fraction of sp³-hybridized carbons (Fsp3) is 0.304. The molecule has 1 saturated heterocycles. The first-order valence-corrected chi connectivity index (χ1v) is 9.90. The minimum atomic E-state index is -0.922. The van der Waals surface area contributed by atoms with Crippen molar-refractivity contribution < 1.29 is 28.7 Å². The molecule has 2 atom stereocenters. The first-order valence-electron chi connectivity index (χ1n) is 9.90. The van der Waals surface area contributed by atoms with Crippen LogP contribution in [0.5, 0.6) is 0 Å². The van der Waals surface area contributed by atoms with E-state index in [0.717, 1.165) is 5.56 Å². The third-order valence-electron chi connectivity index (χ3n) is 5.10. The minimum absolute atomic E-state index is 0.00124. The second-order valence-corrected chi connectivity index (χ2v) is 7.17. The van der Waals surface area contributed by atoms with E-state index in [1.807, 2.05) is 30.3 Å². The number of nitrogens with zero attached hydrogens (tertiary/aromatic N) is 1. The molecule has 31 heavy (non-hydrogen) atoms. The topological polar surface area (TPSA) is 102 Å². The number of ketones is 1. The number of likely N-dealkylation sites (tertiary alicyclic amines) is 1. The van der Waals surface area contributed by atoms with Crippen LogP contribution in [0.1, 0.15) is 22.3 Å². The highest BCUT2D eigenvalue weighted by atomic mass is 16.6. The number of esters is 1. The van der Waals surface area contributed by atoms with E-state index in [0.29, 0.717) is 5.56 Å². The van der Waals surface area contributed by atoms with E-state index in [-0.39, 0.29) is 31.9 Å². The summed E-state index contributed by atoms with van der Waals surface area (Å²) < 4.78 is 10.1. The van der Waals surface area contributed by atoms with Crippen LogP contribution in [0.15, 0.2) is 60.7 Å². The average Bonchev–Trinajstić information content (AvgIpc) is 3.27. The van der Waals surface area contributed by atoms with Gasteiger partial charge in [-0.1, -0.05) is 60.7 Å². The van der Waals surface area contributed by atoms with Gasteiger partial charge in [0.05, 0.1) is 19.6 Å². The fourth-order valence-electron chi connectivity index (χ4n) is 3.43. The summed E-state index contributed by atoms with van der Waals surface area (Å²) in [5.74, 6) is -1.91. The summed E-state index contributed by atoms with van der Waals surface area (Å²) >= 11 is 0. The molecule has 162 valence electrons. The number of rotatable bonds is 7. The summed E-state index contributed by atoms with van der Waals surface area (Å²) in [5.41, 5.74) is 1.30. The Hall–Kier alpha value is -3.68. The second-order valence-electron chi connectivity index (χ2n) is 7.17. The zero-order chi connectivity index (χ0) is 22.2. The maximum atomic E-state index is 12.6. The van der Waals surface area contributed by atoms with Crippen LogP contribution < -0.4 is 5.32 Å². The largest absolute Gasteiger partial charge is 0.467 e. The van der Waals surface area contributed by atoms with Crippen molar-refractivity contribution in [1.29, 1.82) is 0 Å². The lowest BCUT2D eigenvalue weighted by molar-refractivity contribution is -0.145. The van der Waals surface area contributed by atoms with E-state index in [1.165, 1.54) is 12.0 Å². The van der Waals surface area contributed by atoms with Crippen molar-refractivity contribution in [2.45, 2.75) is 19.1 Å². The number of nitrogens with one attached hydrogen (secondary N) is 1. The molecule has 8 heteroatoms. The molecule has 2 aromatic rings. The lowest BCUT2D eigenvalue weighted by Crippen LogP contribution is -2.41. The number of benzene rings is 2. The molecule has 0 unspecified atom stereocenters. The van der Waals surface area contributed by atoms with Gasteiger partial charge in [0.2, 0.25) is 5.91 Å². The van der Waals surface area contributed by atoms with Crippen molar-refractivity contribution in [3.63, 3.8) is 0 Å². The molecule has 8 nitrogen and oxygen atoms in total. The van der Waals surface area contributed by atoms with Gasteiger partial charge in [-0.2, -0.15) is 0 Å². The van der Waals surface area contributed by atoms with Gasteiger partial charge in [0.1, 0.15) is 12.6 Å². The molecule has 2 aromatic carbocycles. The van der Waals surface area contributed by atoms with Crippen molar-refractivity contribution in [2.24, 2.45) is 5.92 Å². The average molecular weight is 424 g/mol. The number of ether oxygens (including phenoxy) is 2. The third kappa shape index (κ3) is 5.69. The SMILES string of the molecule is COC(=O)[C@@H]1C[C@H](C(=O)NCC(=O)c2ccccc2)CN1C(=O)OCc1ccccc1. The third-order valence-corrected chi connectivity index (χ3v) is 5.10. The van der Waals surface area contributed by atoms with Crippen LogP contribution in [0.25, 0.3) is 0 Å². The van der Waals surface area contributed by atoms with Crippen LogP contribution in [0.2, 0.25) is 0 Å². The number of Topliss-reactive ketones (excluding diaryl/α,β-unsaturated/α-hetero) is 1. The van der Waals surface area contributed by atoms with Crippen LogP contribution in [0.4, 0.5) is 4.79 Å². The molecule has 0 saturated carbocycles. The van der Waals surface area contributed by atoms with Crippen LogP contribution in [0.3, 0.4) is 0 Å². The van der Waals surface area contributed by atoms with E-state index in [1.54, 1.807) is 30.3 Å². The molecular weight excluding hydrogens is 400 g/mol. The Bertz CT molecular complexity index is 932. The molecule has 1 fully saturated rings. The lowest BCUT2D eigenvalue weighted by Gasteiger charge is -2.21. The standard InChI is InChI=1S/C23H24N2O6/c1-30-22(28)19-12-18(21(27)24-13-20(26)17-10-6-3-7-11-17)14-25(19)23(29)31-15-16-8-4-2-5-9-16/h2-11,18-19H,12-15H2,1H3,(H,24,27)/t18-,19-/m0/s1. The predicted octanol–water partition coefficient (Wildman–Crippen LogP) is 2.19. The van der Waals surface area contributed by atoms with Gasteiger partial charge in [0.15, 0.2) is 5.78 Å². The molecule has 0 aromatic heterocycles. The highest BCUT2D eigenvalue weighted by molar-refractivity contribution is 5.99. The van der Waals surface area contributed by atoms with Crippen LogP contribution in [-0.4, -0.2) is 54.9 Å². The molecule has 0 spiro atoms. The van der Waals surface area contributed by atoms with Crippen molar-refractivity contribution >= 4 is 23.8 Å². The number of methoxy groups -OCH3 is 1. The highest BCUT2D eigenvalue weighted by Crippen LogP contribution is 2.25. The fourth-order valence-corrected chi connectivity index (χ4v) is 3.43.